The van der Waals surface area contributed by atoms with E-state index in [9.17, 15) is 0 Å². The third kappa shape index (κ3) is 5.52. The van der Waals surface area contributed by atoms with Gasteiger partial charge in [0.1, 0.15) is 0 Å². The van der Waals surface area contributed by atoms with Crippen LogP contribution in [0, 0.1) is 0 Å². The summed E-state index contributed by atoms with van der Waals surface area (Å²) in [5, 5.41) is 0. The number of pyridine rings is 1. The Bertz CT molecular complexity index is 292. The second-order valence-electron chi connectivity index (χ2n) is 4.30. The van der Waals surface area contributed by atoms with Gasteiger partial charge in [-0.3, -0.25) is 9.88 Å². The van der Waals surface area contributed by atoms with E-state index in [1.165, 1.54) is 24.2 Å². The Labute approximate surface area is 109 Å². The van der Waals surface area contributed by atoms with E-state index in [0.29, 0.717) is 6.04 Å². The van der Waals surface area contributed by atoms with E-state index in [-0.39, 0.29) is 0 Å². The van der Waals surface area contributed by atoms with Crippen LogP contribution in [0.2, 0.25) is 0 Å². The average Bonchev–Trinajstić information content (AvgIpc) is 2.36. The minimum atomic E-state index is 0.474. The van der Waals surface area contributed by atoms with E-state index in [4.69, 9.17) is 5.73 Å². The first kappa shape index (κ1) is 14.5. The Morgan fingerprint density at radius 1 is 1.53 bits per heavy atom. The van der Waals surface area contributed by atoms with E-state index in [2.05, 4.69) is 29.3 Å². The molecule has 17 heavy (non-hydrogen) atoms. The zero-order valence-electron chi connectivity index (χ0n) is 10.8. The minimum absolute atomic E-state index is 0.474. The Hall–Kier alpha value is -0.580. The van der Waals surface area contributed by atoms with Gasteiger partial charge in [-0.15, -0.1) is 0 Å². The van der Waals surface area contributed by atoms with Gasteiger partial charge in [-0.05, 0) is 43.5 Å². The number of aromatic nitrogens is 1. The lowest BCUT2D eigenvalue weighted by Crippen LogP contribution is -2.37. The van der Waals surface area contributed by atoms with E-state index < -0.39 is 0 Å². The number of nitrogens with two attached hydrogens (primary N) is 1. The van der Waals surface area contributed by atoms with Crippen LogP contribution in [-0.2, 0) is 6.54 Å². The zero-order chi connectivity index (χ0) is 12.5. The van der Waals surface area contributed by atoms with Crippen LogP contribution in [0.5, 0.6) is 0 Å². The quantitative estimate of drug-likeness (QED) is 0.719. The molecule has 0 spiro atoms. The Balaban J connectivity index is 2.40. The highest BCUT2D eigenvalue weighted by molar-refractivity contribution is 7.98. The van der Waals surface area contributed by atoms with Crippen molar-refractivity contribution in [1.82, 2.24) is 9.88 Å². The first-order valence-corrected chi connectivity index (χ1v) is 7.45. The normalized spacial score (nSPS) is 12.9. The summed E-state index contributed by atoms with van der Waals surface area (Å²) in [6.45, 7) is 1.65. The molecule has 96 valence electrons. The molecule has 2 N–H and O–H groups in total. The summed E-state index contributed by atoms with van der Waals surface area (Å²) in [6.07, 6.45) is 8.29. The van der Waals surface area contributed by atoms with Crippen molar-refractivity contribution in [2.75, 3.05) is 25.6 Å². The molecular weight excluding hydrogens is 230 g/mol. The van der Waals surface area contributed by atoms with Gasteiger partial charge in [0.2, 0.25) is 0 Å². The van der Waals surface area contributed by atoms with Crippen LogP contribution in [-0.4, -0.2) is 41.5 Å². The van der Waals surface area contributed by atoms with Gasteiger partial charge < -0.3 is 5.73 Å². The Kier molecular flexibility index (Phi) is 7.24. The summed E-state index contributed by atoms with van der Waals surface area (Å²) in [5.74, 6) is 1.22. The van der Waals surface area contributed by atoms with E-state index in [1.54, 1.807) is 0 Å². The van der Waals surface area contributed by atoms with Gasteiger partial charge in [0.15, 0.2) is 0 Å². The molecule has 0 aliphatic rings. The van der Waals surface area contributed by atoms with Crippen molar-refractivity contribution in [2.24, 2.45) is 5.73 Å². The largest absolute Gasteiger partial charge is 0.329 e. The second kappa shape index (κ2) is 8.50. The van der Waals surface area contributed by atoms with Gasteiger partial charge in [-0.25, -0.2) is 0 Å². The van der Waals surface area contributed by atoms with Gasteiger partial charge in [0.05, 0.1) is 0 Å². The van der Waals surface area contributed by atoms with Crippen molar-refractivity contribution in [3.63, 3.8) is 0 Å². The van der Waals surface area contributed by atoms with Crippen LogP contribution in [0.1, 0.15) is 18.4 Å². The first-order chi connectivity index (χ1) is 8.27. The molecule has 0 amide bonds. The fraction of sp³-hybridized carbons (Fsp3) is 0.615. The SMILES string of the molecule is CSCCCC(CN)N(C)Cc1cccnc1. The number of nitrogens with zero attached hydrogens (tertiary/aromatic N) is 2. The number of hydrogen-bond acceptors (Lipinski definition) is 4. The van der Waals surface area contributed by atoms with Crippen LogP contribution >= 0.6 is 11.8 Å². The van der Waals surface area contributed by atoms with Crippen LogP contribution < -0.4 is 5.73 Å². The summed E-state index contributed by atoms with van der Waals surface area (Å²) >= 11 is 1.90. The van der Waals surface area contributed by atoms with E-state index in [0.717, 1.165) is 13.1 Å². The Morgan fingerprint density at radius 2 is 2.35 bits per heavy atom. The summed E-state index contributed by atoms with van der Waals surface area (Å²) in [5.41, 5.74) is 7.09. The maximum Gasteiger partial charge on any atom is 0.0312 e. The molecule has 0 saturated heterocycles. The molecule has 1 aromatic rings. The molecule has 1 rings (SSSR count). The van der Waals surface area contributed by atoms with Gasteiger partial charge in [-0.2, -0.15) is 11.8 Å². The van der Waals surface area contributed by atoms with Gasteiger partial charge >= 0.3 is 0 Å². The smallest absolute Gasteiger partial charge is 0.0312 e. The maximum atomic E-state index is 5.85. The summed E-state index contributed by atoms with van der Waals surface area (Å²) in [6, 6.07) is 4.56. The first-order valence-electron chi connectivity index (χ1n) is 6.06. The summed E-state index contributed by atoms with van der Waals surface area (Å²) in [4.78, 5) is 6.47. The highest BCUT2D eigenvalue weighted by Gasteiger charge is 2.12. The van der Waals surface area contributed by atoms with Crippen LogP contribution in [0.15, 0.2) is 24.5 Å². The van der Waals surface area contributed by atoms with E-state index >= 15 is 0 Å². The third-order valence-corrected chi connectivity index (χ3v) is 3.63. The predicted molar refractivity (Wildman–Crippen MR) is 76.2 cm³/mol. The zero-order valence-corrected chi connectivity index (χ0v) is 11.6. The fourth-order valence-corrected chi connectivity index (χ4v) is 2.35. The fourth-order valence-electron chi connectivity index (χ4n) is 1.89. The second-order valence-corrected chi connectivity index (χ2v) is 5.29. The van der Waals surface area contributed by atoms with Crippen LogP contribution in [0.25, 0.3) is 0 Å². The summed E-state index contributed by atoms with van der Waals surface area (Å²) < 4.78 is 0. The maximum absolute atomic E-state index is 5.85. The standard InChI is InChI=1S/C13H23N3S/c1-16(11-12-5-3-7-15-10-12)13(9-14)6-4-8-17-2/h3,5,7,10,13H,4,6,8-9,11,14H2,1-2H3. The molecule has 1 atom stereocenters. The summed E-state index contributed by atoms with van der Waals surface area (Å²) in [7, 11) is 2.14. The average molecular weight is 253 g/mol. The van der Waals surface area contributed by atoms with Crippen molar-refractivity contribution in [3.8, 4) is 0 Å². The molecule has 0 aliphatic carbocycles. The molecule has 0 bridgehead atoms. The van der Waals surface area contributed by atoms with E-state index in [1.807, 2.05) is 30.2 Å². The lowest BCUT2D eigenvalue weighted by atomic mass is 10.1. The lowest BCUT2D eigenvalue weighted by molar-refractivity contribution is 0.226. The molecule has 0 aliphatic heterocycles. The van der Waals surface area contributed by atoms with Crippen molar-refractivity contribution in [2.45, 2.75) is 25.4 Å². The molecule has 0 radical (unpaired) electrons. The van der Waals surface area contributed by atoms with Gasteiger partial charge in [-0.1, -0.05) is 6.07 Å². The third-order valence-electron chi connectivity index (χ3n) is 2.94. The number of thioether (sulfide) groups is 1. The highest BCUT2D eigenvalue weighted by Crippen LogP contribution is 2.10. The monoisotopic (exact) mass is 253 g/mol. The number of likely N-dealkylation sites (N-methyl/N-ethyl adjacent to an activating group) is 1. The minimum Gasteiger partial charge on any atom is -0.329 e. The predicted octanol–water partition coefficient (Wildman–Crippen LogP) is 1.98. The molecule has 0 saturated carbocycles. The van der Waals surface area contributed by atoms with Gasteiger partial charge in [0, 0.05) is 31.5 Å². The molecule has 0 aromatic carbocycles. The van der Waals surface area contributed by atoms with Crippen molar-refractivity contribution in [1.29, 1.82) is 0 Å². The van der Waals surface area contributed by atoms with Crippen molar-refractivity contribution < 1.29 is 0 Å². The Morgan fingerprint density at radius 3 is 2.94 bits per heavy atom. The molecular formula is C13H23N3S. The molecule has 1 unspecified atom stereocenters. The van der Waals surface area contributed by atoms with Crippen molar-refractivity contribution >= 4 is 11.8 Å². The molecule has 0 fully saturated rings. The lowest BCUT2D eigenvalue weighted by Gasteiger charge is -2.26. The van der Waals surface area contributed by atoms with Crippen LogP contribution in [0.4, 0.5) is 0 Å². The molecule has 1 aromatic heterocycles. The number of rotatable bonds is 8. The van der Waals surface area contributed by atoms with Gasteiger partial charge in [0.25, 0.3) is 0 Å². The topological polar surface area (TPSA) is 42.1 Å². The molecule has 4 heteroatoms. The molecule has 1 heterocycles. The van der Waals surface area contributed by atoms with Crippen molar-refractivity contribution in [3.05, 3.63) is 30.1 Å². The number of hydrogen-bond donors (Lipinski definition) is 1. The molecule has 3 nitrogen and oxygen atoms in total. The van der Waals surface area contributed by atoms with Crippen LogP contribution in [0.3, 0.4) is 0 Å². The highest BCUT2D eigenvalue weighted by atomic mass is 32.2.